The van der Waals surface area contributed by atoms with Gasteiger partial charge in [0.05, 0.1) is 0 Å². The molecule has 2 N–H and O–H groups in total. The van der Waals surface area contributed by atoms with Crippen LogP contribution in [-0.4, -0.2) is 42.1 Å². The zero-order valence-electron chi connectivity index (χ0n) is 14.4. The van der Waals surface area contributed by atoms with E-state index in [0.29, 0.717) is 6.54 Å². The van der Waals surface area contributed by atoms with E-state index in [0.717, 1.165) is 31.7 Å². The lowest BCUT2D eigenvalue weighted by Crippen LogP contribution is -2.33. The van der Waals surface area contributed by atoms with Crippen molar-refractivity contribution in [3.63, 3.8) is 0 Å². The minimum atomic E-state index is -0.141. The molecule has 2 amide bonds. The number of nitrogens with zero attached hydrogens (tertiary/aromatic N) is 1. The van der Waals surface area contributed by atoms with Gasteiger partial charge in [0.25, 0.3) is 0 Å². The van der Waals surface area contributed by atoms with E-state index < -0.39 is 0 Å². The van der Waals surface area contributed by atoms with E-state index in [9.17, 15) is 4.79 Å². The number of amides is 2. The third-order valence-electron chi connectivity index (χ3n) is 4.31. The maximum Gasteiger partial charge on any atom is 0.319 e. The molecule has 4 nitrogen and oxygen atoms in total. The van der Waals surface area contributed by atoms with E-state index in [1.54, 1.807) is 0 Å². The Morgan fingerprint density at radius 1 is 1.00 bits per heavy atom. The highest BCUT2D eigenvalue weighted by Crippen LogP contribution is 2.19. The van der Waals surface area contributed by atoms with Gasteiger partial charge in [-0.2, -0.15) is 11.8 Å². The maximum absolute atomic E-state index is 12.2. The third-order valence-corrected chi connectivity index (χ3v) is 5.25. The molecule has 0 unspecified atom stereocenters. The van der Waals surface area contributed by atoms with E-state index in [2.05, 4.69) is 33.7 Å². The fourth-order valence-electron chi connectivity index (χ4n) is 2.91. The standard InChI is InChI=1S/C20H25N3OS/c24-20(21-11-10-17-6-2-1-3-7-17)22-19-9-5-4-8-18(19)16-23-12-14-25-15-13-23/h1-9H,10-16H2,(H2,21,22,24). The maximum atomic E-state index is 12.2. The number of benzene rings is 2. The van der Waals surface area contributed by atoms with Gasteiger partial charge in [-0.25, -0.2) is 4.79 Å². The van der Waals surface area contributed by atoms with Gasteiger partial charge in [-0.1, -0.05) is 48.5 Å². The van der Waals surface area contributed by atoms with E-state index in [-0.39, 0.29) is 6.03 Å². The van der Waals surface area contributed by atoms with E-state index in [4.69, 9.17) is 0 Å². The van der Waals surface area contributed by atoms with E-state index in [1.807, 2.05) is 48.2 Å². The number of urea groups is 1. The molecule has 0 saturated carbocycles. The van der Waals surface area contributed by atoms with Gasteiger partial charge in [0.1, 0.15) is 0 Å². The molecule has 0 bridgehead atoms. The first-order valence-electron chi connectivity index (χ1n) is 8.78. The molecule has 0 radical (unpaired) electrons. The first-order valence-corrected chi connectivity index (χ1v) is 9.93. The molecule has 1 heterocycles. The second kappa shape index (κ2) is 9.49. The molecule has 0 aliphatic carbocycles. The van der Waals surface area contributed by atoms with Crippen molar-refractivity contribution in [2.24, 2.45) is 0 Å². The predicted octanol–water partition coefficient (Wildman–Crippen LogP) is 3.60. The highest BCUT2D eigenvalue weighted by atomic mass is 32.2. The summed E-state index contributed by atoms with van der Waals surface area (Å²) in [6.45, 7) is 3.74. The fourth-order valence-corrected chi connectivity index (χ4v) is 3.89. The van der Waals surface area contributed by atoms with Crippen LogP contribution in [0.5, 0.6) is 0 Å². The van der Waals surface area contributed by atoms with Gasteiger partial charge in [-0.05, 0) is 23.6 Å². The Hall–Kier alpha value is -1.98. The molecule has 1 aliphatic rings. The first-order chi connectivity index (χ1) is 12.3. The molecular weight excluding hydrogens is 330 g/mol. The second-order valence-electron chi connectivity index (χ2n) is 6.16. The summed E-state index contributed by atoms with van der Waals surface area (Å²) in [5, 5.41) is 5.95. The molecule has 0 atom stereocenters. The molecule has 25 heavy (non-hydrogen) atoms. The van der Waals surface area contributed by atoms with Gasteiger partial charge in [0.15, 0.2) is 0 Å². The summed E-state index contributed by atoms with van der Waals surface area (Å²) >= 11 is 2.01. The van der Waals surface area contributed by atoms with Crippen LogP contribution in [0.1, 0.15) is 11.1 Å². The molecule has 0 spiro atoms. The number of rotatable bonds is 6. The number of anilines is 1. The fraction of sp³-hybridized carbons (Fsp3) is 0.350. The molecule has 2 aromatic carbocycles. The van der Waals surface area contributed by atoms with E-state index in [1.165, 1.54) is 22.6 Å². The number of thioether (sulfide) groups is 1. The number of nitrogens with one attached hydrogen (secondary N) is 2. The average Bonchev–Trinajstić information content (AvgIpc) is 2.65. The summed E-state index contributed by atoms with van der Waals surface area (Å²) in [5.74, 6) is 2.38. The van der Waals surface area contributed by atoms with Crippen molar-refractivity contribution in [3.8, 4) is 0 Å². The van der Waals surface area contributed by atoms with Crippen LogP contribution in [0.25, 0.3) is 0 Å². The number of hydrogen-bond acceptors (Lipinski definition) is 3. The van der Waals surface area contributed by atoms with Crippen LogP contribution in [-0.2, 0) is 13.0 Å². The molecular formula is C20H25N3OS. The largest absolute Gasteiger partial charge is 0.338 e. The van der Waals surface area contributed by atoms with Gasteiger partial charge in [-0.15, -0.1) is 0 Å². The van der Waals surface area contributed by atoms with Crippen molar-refractivity contribution in [3.05, 3.63) is 65.7 Å². The quantitative estimate of drug-likeness (QED) is 0.832. The second-order valence-corrected chi connectivity index (χ2v) is 7.39. The molecule has 0 aromatic heterocycles. The number of carbonyl (C=O) groups is 1. The molecule has 1 fully saturated rings. The minimum Gasteiger partial charge on any atom is -0.338 e. The minimum absolute atomic E-state index is 0.141. The third kappa shape index (κ3) is 5.80. The van der Waals surface area contributed by atoms with Gasteiger partial charge in [0, 0.05) is 43.4 Å². The van der Waals surface area contributed by atoms with Crippen LogP contribution in [0.2, 0.25) is 0 Å². The number of carbonyl (C=O) groups excluding carboxylic acids is 1. The Labute approximate surface area is 154 Å². The summed E-state index contributed by atoms with van der Waals surface area (Å²) in [5.41, 5.74) is 3.30. The molecule has 2 aromatic rings. The summed E-state index contributed by atoms with van der Waals surface area (Å²) in [4.78, 5) is 14.7. The highest BCUT2D eigenvalue weighted by molar-refractivity contribution is 7.99. The average molecular weight is 356 g/mol. The number of para-hydroxylation sites is 1. The van der Waals surface area contributed by atoms with Crippen LogP contribution in [0.4, 0.5) is 10.5 Å². The molecule has 1 aliphatic heterocycles. The Kier molecular flexibility index (Phi) is 6.77. The Bertz CT molecular complexity index is 672. The van der Waals surface area contributed by atoms with Crippen molar-refractivity contribution in [1.82, 2.24) is 10.2 Å². The monoisotopic (exact) mass is 355 g/mol. The van der Waals surface area contributed by atoms with Crippen LogP contribution in [0.3, 0.4) is 0 Å². The molecule has 132 valence electrons. The molecule has 5 heteroatoms. The normalized spacial score (nSPS) is 14.9. The molecule has 3 rings (SSSR count). The van der Waals surface area contributed by atoms with Crippen molar-refractivity contribution in [2.45, 2.75) is 13.0 Å². The van der Waals surface area contributed by atoms with E-state index >= 15 is 0 Å². The molecule has 1 saturated heterocycles. The van der Waals surface area contributed by atoms with Gasteiger partial charge < -0.3 is 10.6 Å². The van der Waals surface area contributed by atoms with Crippen LogP contribution in [0, 0.1) is 0 Å². The lowest BCUT2D eigenvalue weighted by molar-refractivity contribution is 0.252. The van der Waals surface area contributed by atoms with Crippen molar-refractivity contribution >= 4 is 23.5 Å². The zero-order chi connectivity index (χ0) is 17.3. The van der Waals surface area contributed by atoms with Crippen LogP contribution in [0.15, 0.2) is 54.6 Å². The predicted molar refractivity (Wildman–Crippen MR) is 106 cm³/mol. The van der Waals surface area contributed by atoms with Crippen molar-refractivity contribution in [2.75, 3.05) is 36.5 Å². The van der Waals surface area contributed by atoms with Crippen LogP contribution < -0.4 is 10.6 Å². The lowest BCUT2D eigenvalue weighted by atomic mass is 10.1. The summed E-state index contributed by atoms with van der Waals surface area (Å²) in [6, 6.07) is 18.1. The Balaban J connectivity index is 1.50. The first kappa shape index (κ1) is 17.8. The SMILES string of the molecule is O=C(NCCc1ccccc1)Nc1ccccc1CN1CCSCC1. The Morgan fingerprint density at radius 3 is 2.52 bits per heavy atom. The highest BCUT2D eigenvalue weighted by Gasteiger charge is 2.13. The zero-order valence-corrected chi connectivity index (χ0v) is 15.2. The van der Waals surface area contributed by atoms with Crippen molar-refractivity contribution < 1.29 is 4.79 Å². The summed E-state index contributed by atoms with van der Waals surface area (Å²) < 4.78 is 0. The van der Waals surface area contributed by atoms with Crippen LogP contribution >= 0.6 is 11.8 Å². The Morgan fingerprint density at radius 2 is 1.72 bits per heavy atom. The van der Waals surface area contributed by atoms with Gasteiger partial charge in [-0.3, -0.25) is 4.90 Å². The summed E-state index contributed by atoms with van der Waals surface area (Å²) in [6.07, 6.45) is 0.835. The topological polar surface area (TPSA) is 44.4 Å². The smallest absolute Gasteiger partial charge is 0.319 e. The van der Waals surface area contributed by atoms with Crippen molar-refractivity contribution in [1.29, 1.82) is 0 Å². The lowest BCUT2D eigenvalue weighted by Gasteiger charge is -2.27. The number of hydrogen-bond donors (Lipinski definition) is 2. The van der Waals surface area contributed by atoms with Gasteiger partial charge >= 0.3 is 6.03 Å². The van der Waals surface area contributed by atoms with Gasteiger partial charge in [0.2, 0.25) is 0 Å². The summed E-state index contributed by atoms with van der Waals surface area (Å²) in [7, 11) is 0.